The Bertz CT molecular complexity index is 737. The highest BCUT2D eigenvalue weighted by Crippen LogP contribution is 2.16. The standard InChI is InChI=1S/C21H29N3OS.HI/c1-4-22-21(24-18(3)20-13-9-8-10-17(20)2)23-14-15-26(25)16-19-11-6-5-7-12-19;/h5-13,18H,4,14-16H2,1-3H3,(H2,22,23,24);1H. The van der Waals surface area contributed by atoms with Gasteiger partial charge in [-0.2, -0.15) is 0 Å². The van der Waals surface area contributed by atoms with Crippen LogP contribution in [0.15, 0.2) is 59.6 Å². The van der Waals surface area contributed by atoms with E-state index >= 15 is 0 Å². The molecule has 0 heterocycles. The van der Waals surface area contributed by atoms with Crippen LogP contribution in [0.3, 0.4) is 0 Å². The summed E-state index contributed by atoms with van der Waals surface area (Å²) in [6, 6.07) is 18.5. The fourth-order valence-electron chi connectivity index (χ4n) is 2.77. The zero-order valence-electron chi connectivity index (χ0n) is 16.3. The molecule has 27 heavy (non-hydrogen) atoms. The summed E-state index contributed by atoms with van der Waals surface area (Å²) >= 11 is 0. The van der Waals surface area contributed by atoms with E-state index < -0.39 is 10.8 Å². The van der Waals surface area contributed by atoms with E-state index in [0.29, 0.717) is 18.1 Å². The number of nitrogens with zero attached hydrogens (tertiary/aromatic N) is 1. The van der Waals surface area contributed by atoms with Crippen LogP contribution in [0.1, 0.15) is 36.6 Å². The van der Waals surface area contributed by atoms with E-state index in [9.17, 15) is 4.21 Å². The molecule has 0 saturated carbocycles. The topological polar surface area (TPSA) is 53.5 Å². The van der Waals surface area contributed by atoms with E-state index in [1.54, 1.807) is 0 Å². The van der Waals surface area contributed by atoms with Crippen molar-refractivity contribution in [2.45, 2.75) is 32.6 Å². The molecule has 2 rings (SSSR count). The van der Waals surface area contributed by atoms with Crippen molar-refractivity contribution in [3.63, 3.8) is 0 Å². The fraction of sp³-hybridized carbons (Fsp3) is 0.381. The quantitative estimate of drug-likeness (QED) is 0.326. The Morgan fingerprint density at radius 2 is 1.78 bits per heavy atom. The third kappa shape index (κ3) is 8.43. The van der Waals surface area contributed by atoms with Gasteiger partial charge in [0.2, 0.25) is 0 Å². The largest absolute Gasteiger partial charge is 0.357 e. The predicted molar refractivity (Wildman–Crippen MR) is 127 cm³/mol. The molecule has 148 valence electrons. The average Bonchev–Trinajstić information content (AvgIpc) is 2.63. The van der Waals surface area contributed by atoms with Gasteiger partial charge in [0.1, 0.15) is 0 Å². The van der Waals surface area contributed by atoms with Gasteiger partial charge >= 0.3 is 0 Å². The van der Waals surface area contributed by atoms with Crippen molar-refractivity contribution in [2.24, 2.45) is 4.99 Å². The molecule has 0 saturated heterocycles. The van der Waals surface area contributed by atoms with Crippen LogP contribution in [-0.4, -0.2) is 29.0 Å². The van der Waals surface area contributed by atoms with Crippen LogP contribution >= 0.6 is 24.0 Å². The van der Waals surface area contributed by atoms with E-state index in [1.165, 1.54) is 11.1 Å². The Kier molecular flexibility index (Phi) is 11.3. The maximum Gasteiger partial charge on any atom is 0.191 e. The minimum Gasteiger partial charge on any atom is -0.357 e. The first kappa shape index (κ1) is 23.6. The monoisotopic (exact) mass is 499 g/mol. The van der Waals surface area contributed by atoms with E-state index in [4.69, 9.17) is 0 Å². The number of hydrogen-bond acceptors (Lipinski definition) is 2. The molecule has 2 aromatic rings. The molecular weight excluding hydrogens is 469 g/mol. The molecule has 0 amide bonds. The predicted octanol–water partition coefficient (Wildman–Crippen LogP) is 4.18. The number of guanidine groups is 1. The number of halogens is 1. The lowest BCUT2D eigenvalue weighted by Crippen LogP contribution is -2.39. The van der Waals surface area contributed by atoms with Crippen LogP contribution in [0.2, 0.25) is 0 Å². The van der Waals surface area contributed by atoms with Crippen LogP contribution < -0.4 is 10.6 Å². The van der Waals surface area contributed by atoms with Gasteiger partial charge in [-0.25, -0.2) is 0 Å². The van der Waals surface area contributed by atoms with Crippen LogP contribution in [0.25, 0.3) is 0 Å². The summed E-state index contributed by atoms with van der Waals surface area (Å²) in [7, 11) is -0.906. The van der Waals surface area contributed by atoms with Crippen molar-refractivity contribution in [2.75, 3.05) is 18.8 Å². The molecule has 2 unspecified atom stereocenters. The molecule has 0 spiro atoms. The lowest BCUT2D eigenvalue weighted by atomic mass is 10.0. The molecule has 0 radical (unpaired) electrons. The van der Waals surface area contributed by atoms with Crippen LogP contribution in [0.5, 0.6) is 0 Å². The number of benzene rings is 2. The smallest absolute Gasteiger partial charge is 0.191 e. The summed E-state index contributed by atoms with van der Waals surface area (Å²) in [6.45, 7) is 7.62. The van der Waals surface area contributed by atoms with Gasteiger partial charge in [-0.05, 0) is 37.5 Å². The lowest BCUT2D eigenvalue weighted by molar-refractivity contribution is 0.678. The van der Waals surface area contributed by atoms with Crippen molar-refractivity contribution >= 4 is 40.7 Å². The van der Waals surface area contributed by atoms with Gasteiger partial charge in [0, 0.05) is 28.9 Å². The zero-order chi connectivity index (χ0) is 18.8. The molecule has 2 aromatic carbocycles. The number of hydrogen-bond donors (Lipinski definition) is 2. The van der Waals surface area contributed by atoms with Crippen molar-refractivity contribution in [3.05, 3.63) is 71.3 Å². The zero-order valence-corrected chi connectivity index (χ0v) is 19.4. The van der Waals surface area contributed by atoms with Crippen LogP contribution in [0.4, 0.5) is 0 Å². The van der Waals surface area contributed by atoms with Gasteiger partial charge in [0.25, 0.3) is 0 Å². The highest BCUT2D eigenvalue weighted by Gasteiger charge is 2.10. The summed E-state index contributed by atoms with van der Waals surface area (Å²) in [4.78, 5) is 4.59. The van der Waals surface area contributed by atoms with Gasteiger partial charge in [0.05, 0.1) is 12.6 Å². The van der Waals surface area contributed by atoms with Gasteiger partial charge in [-0.3, -0.25) is 9.20 Å². The minimum atomic E-state index is -0.906. The molecule has 0 aliphatic rings. The molecule has 0 fully saturated rings. The molecule has 2 atom stereocenters. The summed E-state index contributed by atoms with van der Waals surface area (Å²) in [5.41, 5.74) is 3.62. The highest BCUT2D eigenvalue weighted by atomic mass is 127. The highest BCUT2D eigenvalue weighted by molar-refractivity contribution is 14.0. The molecule has 6 heteroatoms. The first-order valence-corrected chi connectivity index (χ1v) is 10.6. The van der Waals surface area contributed by atoms with Gasteiger partial charge < -0.3 is 10.6 Å². The van der Waals surface area contributed by atoms with Crippen molar-refractivity contribution in [3.8, 4) is 0 Å². The fourth-order valence-corrected chi connectivity index (χ4v) is 3.77. The van der Waals surface area contributed by atoms with Crippen LogP contribution in [-0.2, 0) is 16.6 Å². The molecule has 0 aromatic heterocycles. The Labute approximate surface area is 182 Å². The van der Waals surface area contributed by atoms with Gasteiger partial charge in [0.15, 0.2) is 5.96 Å². The first-order valence-electron chi connectivity index (χ1n) is 9.09. The number of aryl methyl sites for hydroxylation is 1. The van der Waals surface area contributed by atoms with E-state index in [1.807, 2.05) is 43.3 Å². The number of rotatable bonds is 8. The second kappa shape index (κ2) is 12.9. The average molecular weight is 499 g/mol. The lowest BCUT2D eigenvalue weighted by Gasteiger charge is -2.19. The van der Waals surface area contributed by atoms with Crippen LogP contribution in [0, 0.1) is 6.92 Å². The maximum absolute atomic E-state index is 12.2. The summed E-state index contributed by atoms with van der Waals surface area (Å²) in [6.07, 6.45) is 0. The molecule has 0 aliphatic heterocycles. The molecule has 0 bridgehead atoms. The molecule has 2 N–H and O–H groups in total. The molecular formula is C21H30IN3OS. The summed E-state index contributed by atoms with van der Waals surface area (Å²) in [5.74, 6) is 1.91. The first-order chi connectivity index (χ1) is 12.6. The third-order valence-corrected chi connectivity index (χ3v) is 5.40. The second-order valence-corrected chi connectivity index (χ2v) is 7.83. The summed E-state index contributed by atoms with van der Waals surface area (Å²) < 4.78 is 12.2. The Hall–Kier alpha value is -1.41. The SMILES string of the molecule is CCNC(=NCCS(=O)Cc1ccccc1)NC(C)c1ccccc1C.I. The van der Waals surface area contributed by atoms with E-state index in [2.05, 4.69) is 47.7 Å². The number of aliphatic imine (C=N–C) groups is 1. The van der Waals surface area contributed by atoms with E-state index in [0.717, 1.165) is 18.1 Å². The third-order valence-electron chi connectivity index (χ3n) is 4.11. The van der Waals surface area contributed by atoms with Gasteiger partial charge in [-0.1, -0.05) is 54.6 Å². The van der Waals surface area contributed by atoms with Gasteiger partial charge in [-0.15, -0.1) is 24.0 Å². The Balaban J connectivity index is 0.00000364. The number of nitrogens with one attached hydrogen (secondary N) is 2. The van der Waals surface area contributed by atoms with Crippen molar-refractivity contribution in [1.29, 1.82) is 0 Å². The normalized spacial score (nSPS) is 13.4. The maximum atomic E-state index is 12.2. The summed E-state index contributed by atoms with van der Waals surface area (Å²) in [5, 5.41) is 6.70. The molecule has 0 aliphatic carbocycles. The molecule has 4 nitrogen and oxygen atoms in total. The van der Waals surface area contributed by atoms with Crippen molar-refractivity contribution in [1.82, 2.24) is 10.6 Å². The van der Waals surface area contributed by atoms with Crippen molar-refractivity contribution < 1.29 is 4.21 Å². The second-order valence-electron chi connectivity index (χ2n) is 6.26. The Morgan fingerprint density at radius 1 is 1.11 bits per heavy atom. The minimum absolute atomic E-state index is 0. The van der Waals surface area contributed by atoms with E-state index in [-0.39, 0.29) is 30.0 Å². The Morgan fingerprint density at radius 3 is 2.44 bits per heavy atom.